The largest absolute Gasteiger partial charge is 0.382 e. The molecule has 0 aromatic carbocycles. The van der Waals surface area contributed by atoms with Crippen molar-refractivity contribution in [1.82, 2.24) is 10.3 Å². The maximum absolute atomic E-state index is 11.6. The van der Waals surface area contributed by atoms with E-state index >= 15 is 0 Å². The van der Waals surface area contributed by atoms with E-state index in [4.69, 9.17) is 0 Å². The van der Waals surface area contributed by atoms with Gasteiger partial charge in [0.15, 0.2) is 0 Å². The van der Waals surface area contributed by atoms with Crippen LogP contribution in [0.5, 0.6) is 0 Å². The van der Waals surface area contributed by atoms with E-state index in [1.165, 1.54) is 25.7 Å². The Hall–Kier alpha value is -1.23. The Morgan fingerprint density at radius 3 is 3.05 bits per heavy atom. The first kappa shape index (κ1) is 14.2. The van der Waals surface area contributed by atoms with E-state index in [9.17, 15) is 4.79 Å². The molecule has 0 saturated heterocycles. The lowest BCUT2D eigenvalue weighted by Gasteiger charge is -2.29. The van der Waals surface area contributed by atoms with Crippen molar-refractivity contribution in [2.24, 2.45) is 0 Å². The number of carbonyl (C=O) groups is 1. The van der Waals surface area contributed by atoms with Gasteiger partial charge in [-0.2, -0.15) is 11.8 Å². The molecule has 0 aliphatic heterocycles. The third-order valence-electron chi connectivity index (χ3n) is 3.55. The van der Waals surface area contributed by atoms with Gasteiger partial charge < -0.3 is 10.6 Å². The molecule has 2 atom stereocenters. The average molecular weight is 279 g/mol. The fourth-order valence-corrected chi connectivity index (χ4v) is 3.33. The van der Waals surface area contributed by atoms with Crippen LogP contribution in [0.25, 0.3) is 0 Å². The van der Waals surface area contributed by atoms with Crippen molar-refractivity contribution in [3.05, 3.63) is 24.0 Å². The normalized spacial score (nSPS) is 22.8. The molecule has 1 aliphatic carbocycles. The van der Waals surface area contributed by atoms with Crippen molar-refractivity contribution in [3.8, 4) is 0 Å². The zero-order chi connectivity index (χ0) is 13.7. The van der Waals surface area contributed by atoms with Crippen LogP contribution in [-0.2, 0) is 0 Å². The lowest BCUT2D eigenvalue weighted by molar-refractivity contribution is 0.0958. The Morgan fingerprint density at radius 1 is 1.47 bits per heavy atom. The zero-order valence-electron chi connectivity index (χ0n) is 11.5. The van der Waals surface area contributed by atoms with Crippen LogP contribution < -0.4 is 10.6 Å². The Kier molecular flexibility index (Phi) is 5.07. The number of aromatic nitrogens is 1. The topological polar surface area (TPSA) is 54.0 Å². The summed E-state index contributed by atoms with van der Waals surface area (Å²) in [6, 6.07) is 4.25. The molecular formula is C14H21N3OS. The van der Waals surface area contributed by atoms with Gasteiger partial charge in [0.2, 0.25) is 0 Å². The lowest BCUT2D eigenvalue weighted by atomic mass is 9.95. The van der Waals surface area contributed by atoms with Crippen molar-refractivity contribution in [2.45, 2.75) is 37.0 Å². The van der Waals surface area contributed by atoms with Gasteiger partial charge in [-0.3, -0.25) is 9.78 Å². The van der Waals surface area contributed by atoms with Crippen LogP contribution in [-0.4, -0.2) is 35.5 Å². The molecule has 1 aliphatic rings. The number of rotatable bonds is 4. The SMILES string of the molecule is CNC(=O)c1cc(NC2CCCC(SC)C2)ccn1. The van der Waals surface area contributed by atoms with Crippen LogP contribution in [0.3, 0.4) is 0 Å². The van der Waals surface area contributed by atoms with E-state index < -0.39 is 0 Å². The van der Waals surface area contributed by atoms with Crippen molar-refractivity contribution < 1.29 is 4.79 Å². The first-order chi connectivity index (χ1) is 9.22. The fourth-order valence-electron chi connectivity index (χ4n) is 2.50. The number of thioether (sulfide) groups is 1. The second-order valence-corrected chi connectivity index (χ2v) is 6.01. The van der Waals surface area contributed by atoms with Gasteiger partial charge in [0, 0.05) is 30.2 Å². The highest BCUT2D eigenvalue weighted by Crippen LogP contribution is 2.28. The minimum Gasteiger partial charge on any atom is -0.382 e. The quantitative estimate of drug-likeness (QED) is 0.889. The van der Waals surface area contributed by atoms with Gasteiger partial charge in [-0.25, -0.2) is 0 Å². The van der Waals surface area contributed by atoms with Crippen LogP contribution in [0.2, 0.25) is 0 Å². The van der Waals surface area contributed by atoms with Gasteiger partial charge in [0.05, 0.1) is 0 Å². The van der Waals surface area contributed by atoms with E-state index in [1.54, 1.807) is 13.2 Å². The predicted molar refractivity (Wildman–Crippen MR) is 80.8 cm³/mol. The molecule has 1 saturated carbocycles. The molecule has 2 N–H and O–H groups in total. The Balaban J connectivity index is 2.00. The molecule has 2 unspecified atom stereocenters. The van der Waals surface area contributed by atoms with Crippen LogP contribution in [0.15, 0.2) is 18.3 Å². The molecule has 1 heterocycles. The highest BCUT2D eigenvalue weighted by molar-refractivity contribution is 7.99. The van der Waals surface area contributed by atoms with Gasteiger partial charge in [-0.05, 0) is 37.7 Å². The molecule has 0 radical (unpaired) electrons. The molecule has 0 bridgehead atoms. The molecule has 104 valence electrons. The van der Waals surface area contributed by atoms with Gasteiger partial charge in [-0.15, -0.1) is 0 Å². The summed E-state index contributed by atoms with van der Waals surface area (Å²) >= 11 is 1.96. The summed E-state index contributed by atoms with van der Waals surface area (Å²) in [6.45, 7) is 0. The molecule has 1 amide bonds. The maximum atomic E-state index is 11.6. The standard InChI is InChI=1S/C14H21N3OS/c1-15-14(18)13-9-11(6-7-16-13)17-10-4-3-5-12(8-10)19-2/h6-7,9-10,12H,3-5,8H2,1-2H3,(H,15,18)(H,16,17). The molecular weight excluding hydrogens is 258 g/mol. The number of nitrogens with zero attached hydrogens (tertiary/aromatic N) is 1. The summed E-state index contributed by atoms with van der Waals surface area (Å²) < 4.78 is 0. The fraction of sp³-hybridized carbons (Fsp3) is 0.571. The van der Waals surface area contributed by atoms with E-state index in [0.717, 1.165) is 10.9 Å². The first-order valence-corrected chi connectivity index (χ1v) is 7.99. The van der Waals surface area contributed by atoms with Crippen molar-refractivity contribution in [3.63, 3.8) is 0 Å². The summed E-state index contributed by atoms with van der Waals surface area (Å²) in [7, 11) is 1.62. The number of pyridine rings is 1. The maximum Gasteiger partial charge on any atom is 0.269 e. The summed E-state index contributed by atoms with van der Waals surface area (Å²) in [5.74, 6) is -0.144. The number of hydrogen-bond donors (Lipinski definition) is 2. The number of carbonyl (C=O) groups excluding carboxylic acids is 1. The van der Waals surface area contributed by atoms with Crippen LogP contribution >= 0.6 is 11.8 Å². The summed E-state index contributed by atoms with van der Waals surface area (Å²) in [4.78, 5) is 15.6. The van der Waals surface area contributed by atoms with Crippen molar-refractivity contribution in [1.29, 1.82) is 0 Å². The van der Waals surface area contributed by atoms with Gasteiger partial charge in [-0.1, -0.05) is 6.42 Å². The molecule has 1 fully saturated rings. The molecule has 1 aromatic rings. The molecule has 2 rings (SSSR count). The van der Waals surface area contributed by atoms with Gasteiger partial charge in [0.25, 0.3) is 5.91 Å². The summed E-state index contributed by atoms with van der Waals surface area (Å²) in [5, 5.41) is 6.88. The van der Waals surface area contributed by atoms with Gasteiger partial charge >= 0.3 is 0 Å². The Morgan fingerprint density at radius 2 is 2.32 bits per heavy atom. The molecule has 4 nitrogen and oxygen atoms in total. The smallest absolute Gasteiger partial charge is 0.269 e. The van der Waals surface area contributed by atoms with E-state index in [0.29, 0.717) is 11.7 Å². The number of nitrogens with one attached hydrogen (secondary N) is 2. The predicted octanol–water partition coefficient (Wildman–Crippen LogP) is 2.53. The Labute approximate surface area is 118 Å². The highest BCUT2D eigenvalue weighted by Gasteiger charge is 2.21. The molecule has 1 aromatic heterocycles. The van der Waals surface area contributed by atoms with Crippen molar-refractivity contribution >= 4 is 23.4 Å². The molecule has 0 spiro atoms. The van der Waals surface area contributed by atoms with Crippen molar-refractivity contribution in [2.75, 3.05) is 18.6 Å². The summed E-state index contributed by atoms with van der Waals surface area (Å²) in [5.41, 5.74) is 1.45. The average Bonchev–Trinajstić information content (AvgIpc) is 2.47. The first-order valence-electron chi connectivity index (χ1n) is 6.70. The van der Waals surface area contributed by atoms with E-state index in [1.807, 2.05) is 23.9 Å². The number of hydrogen-bond acceptors (Lipinski definition) is 4. The second kappa shape index (κ2) is 6.80. The number of anilines is 1. The van der Waals surface area contributed by atoms with E-state index in [-0.39, 0.29) is 5.91 Å². The third kappa shape index (κ3) is 3.86. The minimum absolute atomic E-state index is 0.144. The minimum atomic E-state index is -0.144. The van der Waals surface area contributed by atoms with Gasteiger partial charge in [0.1, 0.15) is 5.69 Å². The Bertz CT molecular complexity index is 438. The van der Waals surface area contributed by atoms with Crippen LogP contribution in [0.1, 0.15) is 36.2 Å². The molecule has 5 heteroatoms. The zero-order valence-corrected chi connectivity index (χ0v) is 12.3. The number of amides is 1. The monoisotopic (exact) mass is 279 g/mol. The van der Waals surface area contributed by atoms with E-state index in [2.05, 4.69) is 21.9 Å². The second-order valence-electron chi connectivity index (χ2n) is 4.87. The lowest BCUT2D eigenvalue weighted by Crippen LogP contribution is -2.28. The highest BCUT2D eigenvalue weighted by atomic mass is 32.2. The molecule has 19 heavy (non-hydrogen) atoms. The summed E-state index contributed by atoms with van der Waals surface area (Å²) in [6.07, 6.45) is 8.86. The van der Waals surface area contributed by atoms with Crippen LogP contribution in [0, 0.1) is 0 Å². The van der Waals surface area contributed by atoms with Crippen LogP contribution in [0.4, 0.5) is 5.69 Å². The third-order valence-corrected chi connectivity index (χ3v) is 4.64.